The van der Waals surface area contributed by atoms with Gasteiger partial charge in [0.15, 0.2) is 0 Å². The highest BCUT2D eigenvalue weighted by atomic mass is 15.2. The first-order valence-corrected chi connectivity index (χ1v) is 7.77. The molecule has 1 saturated heterocycles. The van der Waals surface area contributed by atoms with E-state index in [0.717, 1.165) is 18.0 Å². The quantitative estimate of drug-likeness (QED) is 0.792. The van der Waals surface area contributed by atoms with E-state index in [1.165, 1.54) is 64.5 Å². The van der Waals surface area contributed by atoms with Crippen molar-refractivity contribution in [1.82, 2.24) is 10.2 Å². The lowest BCUT2D eigenvalue weighted by Crippen LogP contribution is -2.48. The fourth-order valence-corrected chi connectivity index (χ4v) is 4.01. The minimum Gasteiger partial charge on any atom is -0.320 e. The number of hydrogen-bond acceptors (Lipinski definition) is 2. The van der Waals surface area contributed by atoms with Crippen LogP contribution in [0.2, 0.25) is 0 Å². The molecule has 17 heavy (non-hydrogen) atoms. The third-order valence-electron chi connectivity index (χ3n) is 4.97. The Hall–Kier alpha value is -0.0800. The zero-order chi connectivity index (χ0) is 12.1. The van der Waals surface area contributed by atoms with Crippen LogP contribution in [0, 0.1) is 5.92 Å². The Balaban J connectivity index is 1.94. The van der Waals surface area contributed by atoms with Crippen LogP contribution in [0.1, 0.15) is 58.3 Å². The van der Waals surface area contributed by atoms with Crippen molar-refractivity contribution in [1.29, 1.82) is 0 Å². The van der Waals surface area contributed by atoms with Gasteiger partial charge in [-0.05, 0) is 58.2 Å². The summed E-state index contributed by atoms with van der Waals surface area (Å²) in [4.78, 5) is 2.89. The predicted octanol–water partition coefficient (Wildman–Crippen LogP) is 3.03. The van der Waals surface area contributed by atoms with E-state index in [4.69, 9.17) is 0 Å². The normalized spacial score (nSPS) is 35.3. The Bertz CT molecular complexity index is 217. The zero-order valence-corrected chi connectivity index (χ0v) is 11.8. The molecule has 2 rings (SSSR count). The molecule has 100 valence electrons. The van der Waals surface area contributed by atoms with Gasteiger partial charge in [-0.3, -0.25) is 4.90 Å². The second-order valence-corrected chi connectivity index (χ2v) is 5.95. The summed E-state index contributed by atoms with van der Waals surface area (Å²) in [7, 11) is 2.08. The predicted molar refractivity (Wildman–Crippen MR) is 74.3 cm³/mol. The third kappa shape index (κ3) is 3.23. The lowest BCUT2D eigenvalue weighted by atomic mass is 9.92. The van der Waals surface area contributed by atoms with Crippen molar-refractivity contribution in [2.24, 2.45) is 5.92 Å². The van der Waals surface area contributed by atoms with Crippen molar-refractivity contribution in [3.63, 3.8) is 0 Å². The van der Waals surface area contributed by atoms with Crippen LogP contribution in [0.15, 0.2) is 0 Å². The molecular weight excluding hydrogens is 208 g/mol. The number of hydrogen-bond donors (Lipinski definition) is 1. The Labute approximate surface area is 107 Å². The highest BCUT2D eigenvalue weighted by Crippen LogP contribution is 2.36. The number of nitrogens with zero attached hydrogens (tertiary/aromatic N) is 1. The van der Waals surface area contributed by atoms with Crippen LogP contribution >= 0.6 is 0 Å². The molecule has 1 saturated carbocycles. The second kappa shape index (κ2) is 6.75. The lowest BCUT2D eigenvalue weighted by molar-refractivity contribution is 0.0675. The van der Waals surface area contributed by atoms with E-state index >= 15 is 0 Å². The van der Waals surface area contributed by atoms with Crippen molar-refractivity contribution in [2.45, 2.75) is 70.4 Å². The molecule has 2 aliphatic rings. The molecule has 0 radical (unpaired) electrons. The summed E-state index contributed by atoms with van der Waals surface area (Å²) in [6.07, 6.45) is 11.5. The Morgan fingerprint density at radius 1 is 1.12 bits per heavy atom. The molecule has 3 atom stereocenters. The topological polar surface area (TPSA) is 15.3 Å². The van der Waals surface area contributed by atoms with Crippen LogP contribution in [-0.2, 0) is 0 Å². The van der Waals surface area contributed by atoms with Crippen molar-refractivity contribution >= 4 is 0 Å². The van der Waals surface area contributed by atoms with Gasteiger partial charge < -0.3 is 5.32 Å². The molecule has 0 amide bonds. The first-order chi connectivity index (χ1) is 8.36. The summed E-state index contributed by atoms with van der Waals surface area (Å²) in [6, 6.07) is 1.79. The smallest absolute Gasteiger partial charge is 0.0126 e. The molecule has 0 aromatic carbocycles. The average Bonchev–Trinajstić information content (AvgIpc) is 2.84. The number of nitrogens with one attached hydrogen (secondary N) is 1. The first-order valence-electron chi connectivity index (χ1n) is 7.77. The van der Waals surface area contributed by atoms with Crippen molar-refractivity contribution in [3.05, 3.63) is 0 Å². The number of rotatable bonds is 5. The van der Waals surface area contributed by atoms with Gasteiger partial charge in [0.2, 0.25) is 0 Å². The minimum atomic E-state index is 0.869. The summed E-state index contributed by atoms with van der Waals surface area (Å²) in [5.41, 5.74) is 0. The van der Waals surface area contributed by atoms with E-state index in [9.17, 15) is 0 Å². The van der Waals surface area contributed by atoms with Gasteiger partial charge >= 0.3 is 0 Å². The van der Waals surface area contributed by atoms with Crippen molar-refractivity contribution < 1.29 is 0 Å². The van der Waals surface area contributed by atoms with Crippen LogP contribution in [0.4, 0.5) is 0 Å². The van der Waals surface area contributed by atoms with Gasteiger partial charge in [0.25, 0.3) is 0 Å². The van der Waals surface area contributed by atoms with E-state index < -0.39 is 0 Å². The maximum absolute atomic E-state index is 3.32. The van der Waals surface area contributed by atoms with E-state index in [1.54, 1.807) is 0 Å². The highest BCUT2D eigenvalue weighted by Gasteiger charge is 2.35. The van der Waals surface area contributed by atoms with E-state index in [1.807, 2.05) is 0 Å². The Morgan fingerprint density at radius 2 is 2.00 bits per heavy atom. The zero-order valence-electron chi connectivity index (χ0n) is 11.8. The van der Waals surface area contributed by atoms with Crippen LogP contribution in [0.25, 0.3) is 0 Å². The number of likely N-dealkylation sites (tertiary alicyclic amines) is 1. The molecule has 1 N–H and O–H groups in total. The molecular formula is C15H30N2. The highest BCUT2D eigenvalue weighted by molar-refractivity contribution is 4.90. The summed E-state index contributed by atoms with van der Waals surface area (Å²) >= 11 is 0. The Kier molecular flexibility index (Phi) is 5.30. The van der Waals surface area contributed by atoms with Crippen LogP contribution < -0.4 is 5.32 Å². The summed E-state index contributed by atoms with van der Waals surface area (Å²) in [5, 5.41) is 3.32. The van der Waals surface area contributed by atoms with Gasteiger partial charge in [0.1, 0.15) is 0 Å². The van der Waals surface area contributed by atoms with Crippen LogP contribution in [-0.4, -0.2) is 37.1 Å². The minimum absolute atomic E-state index is 0.869. The molecule has 0 bridgehead atoms. The molecule has 1 heterocycles. The standard InChI is InChI=1S/C15H30N2/c1-3-13-7-6-9-15(13)17-12-5-4-8-14(17)10-11-16-2/h13-16H,3-12H2,1-2H3. The van der Waals surface area contributed by atoms with Crippen LogP contribution in [0.3, 0.4) is 0 Å². The van der Waals surface area contributed by atoms with E-state index in [-0.39, 0.29) is 0 Å². The van der Waals surface area contributed by atoms with Gasteiger partial charge in [-0.25, -0.2) is 0 Å². The Morgan fingerprint density at radius 3 is 2.76 bits per heavy atom. The largest absolute Gasteiger partial charge is 0.320 e. The summed E-state index contributed by atoms with van der Waals surface area (Å²) < 4.78 is 0. The molecule has 2 fully saturated rings. The van der Waals surface area contributed by atoms with Crippen molar-refractivity contribution in [2.75, 3.05) is 20.1 Å². The molecule has 1 aliphatic carbocycles. The monoisotopic (exact) mass is 238 g/mol. The molecule has 0 spiro atoms. The third-order valence-corrected chi connectivity index (χ3v) is 4.97. The van der Waals surface area contributed by atoms with Gasteiger partial charge in [-0.2, -0.15) is 0 Å². The van der Waals surface area contributed by atoms with Crippen molar-refractivity contribution in [3.8, 4) is 0 Å². The van der Waals surface area contributed by atoms with Gasteiger partial charge in [-0.15, -0.1) is 0 Å². The fourth-order valence-electron chi connectivity index (χ4n) is 4.01. The molecule has 2 nitrogen and oxygen atoms in total. The van der Waals surface area contributed by atoms with E-state index in [0.29, 0.717) is 0 Å². The average molecular weight is 238 g/mol. The second-order valence-electron chi connectivity index (χ2n) is 5.95. The van der Waals surface area contributed by atoms with Gasteiger partial charge in [-0.1, -0.05) is 26.2 Å². The van der Waals surface area contributed by atoms with Gasteiger partial charge in [0.05, 0.1) is 0 Å². The van der Waals surface area contributed by atoms with Crippen LogP contribution in [0.5, 0.6) is 0 Å². The summed E-state index contributed by atoms with van der Waals surface area (Å²) in [6.45, 7) is 4.94. The lowest BCUT2D eigenvalue weighted by Gasteiger charge is -2.42. The fraction of sp³-hybridized carbons (Fsp3) is 1.00. The first kappa shape index (κ1) is 13.4. The molecule has 2 heteroatoms. The van der Waals surface area contributed by atoms with Gasteiger partial charge in [0, 0.05) is 12.1 Å². The van der Waals surface area contributed by atoms with E-state index in [2.05, 4.69) is 24.2 Å². The molecule has 3 unspecified atom stereocenters. The summed E-state index contributed by atoms with van der Waals surface area (Å²) in [5.74, 6) is 0.991. The number of piperidine rings is 1. The maximum atomic E-state index is 3.32. The SMILES string of the molecule is CCC1CCCC1N1CCCCC1CCNC. The molecule has 1 aliphatic heterocycles. The maximum Gasteiger partial charge on any atom is 0.0126 e. The molecule has 0 aromatic heterocycles. The molecule has 0 aromatic rings.